The van der Waals surface area contributed by atoms with Crippen LogP contribution >= 0.6 is 11.8 Å². The van der Waals surface area contributed by atoms with Crippen molar-refractivity contribution in [1.29, 1.82) is 0 Å². The summed E-state index contributed by atoms with van der Waals surface area (Å²) >= 11 is 1.24. The predicted molar refractivity (Wildman–Crippen MR) is 114 cm³/mol. The second kappa shape index (κ2) is 9.38. The van der Waals surface area contributed by atoms with Gasteiger partial charge in [0, 0.05) is 19.2 Å². The SMILES string of the molecule is Cc1ccc(NC(=O)NC(=O)CSc2nnc(Cc3ccccc3)n2C)cc1C. The number of aromatic nitrogens is 3. The molecule has 0 fully saturated rings. The van der Waals surface area contributed by atoms with E-state index in [1.165, 1.54) is 11.8 Å². The lowest BCUT2D eigenvalue weighted by atomic mass is 10.1. The molecule has 0 bridgehead atoms. The number of anilines is 1. The van der Waals surface area contributed by atoms with Crippen molar-refractivity contribution in [2.45, 2.75) is 25.4 Å². The molecular weight excluding hydrogens is 386 g/mol. The minimum atomic E-state index is -0.554. The van der Waals surface area contributed by atoms with Crippen LogP contribution in [0.2, 0.25) is 0 Å². The van der Waals surface area contributed by atoms with Gasteiger partial charge in [-0.1, -0.05) is 48.2 Å². The molecule has 0 saturated carbocycles. The lowest BCUT2D eigenvalue weighted by molar-refractivity contribution is -0.117. The van der Waals surface area contributed by atoms with Crippen molar-refractivity contribution >= 4 is 29.4 Å². The lowest BCUT2D eigenvalue weighted by Gasteiger charge is -2.08. The minimum absolute atomic E-state index is 0.0671. The van der Waals surface area contributed by atoms with Crippen LogP contribution < -0.4 is 10.6 Å². The number of nitrogens with zero attached hydrogens (tertiary/aromatic N) is 3. The van der Waals surface area contributed by atoms with Gasteiger partial charge in [0.2, 0.25) is 5.91 Å². The van der Waals surface area contributed by atoms with Gasteiger partial charge in [0.15, 0.2) is 5.16 Å². The summed E-state index contributed by atoms with van der Waals surface area (Å²) in [5, 5.41) is 14.0. The van der Waals surface area contributed by atoms with Gasteiger partial charge in [-0.3, -0.25) is 10.1 Å². The summed E-state index contributed by atoms with van der Waals surface area (Å²) < 4.78 is 1.86. The fourth-order valence-corrected chi connectivity index (χ4v) is 3.41. The zero-order valence-corrected chi connectivity index (χ0v) is 17.4. The van der Waals surface area contributed by atoms with Crippen molar-refractivity contribution in [2.75, 3.05) is 11.1 Å². The van der Waals surface area contributed by atoms with E-state index < -0.39 is 11.9 Å². The molecule has 2 N–H and O–H groups in total. The van der Waals surface area contributed by atoms with Gasteiger partial charge in [0.25, 0.3) is 0 Å². The molecule has 0 saturated heterocycles. The summed E-state index contributed by atoms with van der Waals surface area (Å²) in [4.78, 5) is 24.1. The molecule has 150 valence electrons. The number of aryl methyl sites for hydroxylation is 2. The van der Waals surface area contributed by atoms with Crippen LogP contribution in [0.4, 0.5) is 10.5 Å². The number of hydrogen-bond acceptors (Lipinski definition) is 5. The van der Waals surface area contributed by atoms with E-state index in [2.05, 4.69) is 20.8 Å². The van der Waals surface area contributed by atoms with E-state index in [4.69, 9.17) is 0 Å². The highest BCUT2D eigenvalue weighted by atomic mass is 32.2. The fourth-order valence-electron chi connectivity index (χ4n) is 2.68. The molecule has 0 aliphatic heterocycles. The maximum absolute atomic E-state index is 12.1. The molecule has 3 aromatic rings. The molecule has 1 aromatic heterocycles. The van der Waals surface area contributed by atoms with Crippen LogP contribution in [-0.2, 0) is 18.3 Å². The van der Waals surface area contributed by atoms with Crippen LogP contribution in [0.1, 0.15) is 22.5 Å². The summed E-state index contributed by atoms with van der Waals surface area (Å²) in [6.45, 7) is 3.96. The third kappa shape index (κ3) is 5.68. The van der Waals surface area contributed by atoms with Gasteiger partial charge in [0.1, 0.15) is 5.82 Å². The Labute approximate surface area is 173 Å². The van der Waals surface area contributed by atoms with Crippen LogP contribution in [0.5, 0.6) is 0 Å². The number of urea groups is 1. The molecule has 3 amide bonds. The predicted octanol–water partition coefficient (Wildman–Crippen LogP) is 3.46. The summed E-state index contributed by atoms with van der Waals surface area (Å²) in [5.41, 5.74) is 3.99. The molecule has 0 aliphatic carbocycles. The third-order valence-corrected chi connectivity index (χ3v) is 5.50. The number of rotatable bonds is 6. The lowest BCUT2D eigenvalue weighted by Crippen LogP contribution is -2.35. The van der Waals surface area contributed by atoms with Crippen LogP contribution in [0.3, 0.4) is 0 Å². The summed E-state index contributed by atoms with van der Waals surface area (Å²) in [6, 6.07) is 15.0. The Morgan fingerprint density at radius 3 is 2.52 bits per heavy atom. The van der Waals surface area contributed by atoms with Gasteiger partial charge in [-0.15, -0.1) is 10.2 Å². The fraction of sp³-hybridized carbons (Fsp3) is 0.238. The van der Waals surface area contributed by atoms with Crippen LogP contribution in [0.25, 0.3) is 0 Å². The van der Waals surface area contributed by atoms with Crippen molar-refractivity contribution < 1.29 is 9.59 Å². The van der Waals surface area contributed by atoms with E-state index in [0.717, 1.165) is 22.5 Å². The molecular formula is C21H23N5O2S. The molecule has 29 heavy (non-hydrogen) atoms. The number of benzene rings is 2. The average Bonchev–Trinajstić information content (AvgIpc) is 3.03. The first-order chi connectivity index (χ1) is 13.9. The largest absolute Gasteiger partial charge is 0.325 e. The van der Waals surface area contributed by atoms with Gasteiger partial charge in [-0.25, -0.2) is 4.79 Å². The van der Waals surface area contributed by atoms with Crippen molar-refractivity contribution in [3.63, 3.8) is 0 Å². The van der Waals surface area contributed by atoms with E-state index in [1.54, 1.807) is 6.07 Å². The smallest absolute Gasteiger partial charge is 0.309 e. The van der Waals surface area contributed by atoms with E-state index in [-0.39, 0.29) is 5.75 Å². The standard InChI is InChI=1S/C21H23N5O2S/c1-14-9-10-17(11-15(14)2)22-20(28)23-19(27)13-29-21-25-24-18(26(21)3)12-16-7-5-4-6-8-16/h4-11H,12-13H2,1-3H3,(H2,22,23,27,28). The first-order valence-electron chi connectivity index (χ1n) is 9.15. The number of hydrogen-bond donors (Lipinski definition) is 2. The summed E-state index contributed by atoms with van der Waals surface area (Å²) in [7, 11) is 1.87. The van der Waals surface area contributed by atoms with Crippen molar-refractivity contribution in [3.05, 3.63) is 71.0 Å². The highest BCUT2D eigenvalue weighted by Gasteiger charge is 2.13. The number of amides is 3. The first kappa shape index (κ1) is 20.6. The zero-order valence-electron chi connectivity index (χ0n) is 16.6. The van der Waals surface area contributed by atoms with Crippen LogP contribution in [0, 0.1) is 13.8 Å². The Bertz CT molecular complexity index is 1020. The summed E-state index contributed by atoms with van der Waals surface area (Å²) in [6.07, 6.45) is 0.662. The van der Waals surface area contributed by atoms with Crippen molar-refractivity contribution in [2.24, 2.45) is 7.05 Å². The van der Waals surface area contributed by atoms with Crippen LogP contribution in [0.15, 0.2) is 53.7 Å². The number of nitrogens with one attached hydrogen (secondary N) is 2. The Kier molecular flexibility index (Phi) is 6.66. The molecule has 0 atom stereocenters. The number of imide groups is 1. The van der Waals surface area contributed by atoms with Crippen molar-refractivity contribution in [1.82, 2.24) is 20.1 Å². The number of thioether (sulfide) groups is 1. The Balaban J connectivity index is 1.50. The van der Waals surface area contributed by atoms with Gasteiger partial charge in [-0.2, -0.15) is 0 Å². The molecule has 0 radical (unpaired) electrons. The molecule has 0 spiro atoms. The molecule has 7 nitrogen and oxygen atoms in total. The maximum Gasteiger partial charge on any atom is 0.325 e. The third-order valence-electron chi connectivity index (χ3n) is 4.48. The monoisotopic (exact) mass is 409 g/mol. The highest BCUT2D eigenvalue weighted by molar-refractivity contribution is 7.99. The Morgan fingerprint density at radius 1 is 1.03 bits per heavy atom. The maximum atomic E-state index is 12.1. The van der Waals surface area contributed by atoms with Gasteiger partial charge in [-0.05, 0) is 42.7 Å². The molecule has 8 heteroatoms. The van der Waals surface area contributed by atoms with E-state index >= 15 is 0 Å². The number of carbonyl (C=O) groups is 2. The van der Waals surface area contributed by atoms with E-state index in [1.807, 2.05) is 67.9 Å². The molecule has 0 unspecified atom stereocenters. The molecule has 0 aliphatic rings. The average molecular weight is 410 g/mol. The molecule has 2 aromatic carbocycles. The van der Waals surface area contributed by atoms with Gasteiger partial charge < -0.3 is 9.88 Å². The van der Waals surface area contributed by atoms with E-state index in [9.17, 15) is 9.59 Å². The quantitative estimate of drug-likeness (QED) is 0.609. The second-order valence-corrected chi connectivity index (χ2v) is 7.65. The first-order valence-corrected chi connectivity index (χ1v) is 10.1. The topological polar surface area (TPSA) is 88.9 Å². The second-order valence-electron chi connectivity index (χ2n) is 6.71. The summed E-state index contributed by atoms with van der Waals surface area (Å²) in [5.74, 6) is 0.480. The Hall–Kier alpha value is -3.13. The minimum Gasteiger partial charge on any atom is -0.309 e. The van der Waals surface area contributed by atoms with Crippen molar-refractivity contribution in [3.8, 4) is 0 Å². The zero-order chi connectivity index (χ0) is 20.8. The molecule has 1 heterocycles. The van der Waals surface area contributed by atoms with Gasteiger partial charge in [0.05, 0.1) is 5.75 Å². The van der Waals surface area contributed by atoms with Gasteiger partial charge >= 0.3 is 6.03 Å². The van der Waals surface area contributed by atoms with E-state index in [0.29, 0.717) is 17.3 Å². The Morgan fingerprint density at radius 2 is 1.79 bits per heavy atom. The highest BCUT2D eigenvalue weighted by Crippen LogP contribution is 2.17. The molecule has 3 rings (SSSR count). The van der Waals surface area contributed by atoms with Crippen LogP contribution in [-0.4, -0.2) is 32.5 Å². The number of carbonyl (C=O) groups excluding carboxylic acids is 2. The normalized spacial score (nSPS) is 10.6.